The van der Waals surface area contributed by atoms with Crippen LogP contribution in [0.5, 0.6) is 0 Å². The number of carbonyl (C=O) groups excluding carboxylic acids is 1. The molecule has 0 aromatic heterocycles. The van der Waals surface area contributed by atoms with Crippen LogP contribution in [-0.4, -0.2) is 56.0 Å². The van der Waals surface area contributed by atoms with Crippen molar-refractivity contribution in [1.82, 2.24) is 10.2 Å². The minimum atomic E-state index is -1.42. The number of ether oxygens (including phenoxy) is 1. The summed E-state index contributed by atoms with van der Waals surface area (Å²) in [6.45, 7) is 7.52. The van der Waals surface area contributed by atoms with Gasteiger partial charge in [-0.3, -0.25) is 14.7 Å². The van der Waals surface area contributed by atoms with E-state index in [0.717, 1.165) is 25.9 Å². The Bertz CT molecular complexity index is 608. The summed E-state index contributed by atoms with van der Waals surface area (Å²) in [5.41, 5.74) is 0.454. The SMILES string of the molecule is C=CNC(=O)C(CN1CCC(COC2=C(F)C=CC(C)C2F)CC1)=NC. The summed E-state index contributed by atoms with van der Waals surface area (Å²) < 4.78 is 33.3. The molecule has 1 N–H and O–H groups in total. The molecular formula is C19H27F2N3O2. The molecular weight excluding hydrogens is 340 g/mol. The zero-order valence-electron chi connectivity index (χ0n) is 15.4. The van der Waals surface area contributed by atoms with E-state index < -0.39 is 12.0 Å². The highest BCUT2D eigenvalue weighted by Gasteiger charge is 2.29. The molecule has 1 aliphatic carbocycles. The van der Waals surface area contributed by atoms with Gasteiger partial charge in [-0.2, -0.15) is 0 Å². The molecule has 0 aromatic carbocycles. The predicted octanol–water partition coefficient (Wildman–Crippen LogP) is 2.77. The first-order valence-electron chi connectivity index (χ1n) is 8.90. The van der Waals surface area contributed by atoms with Crippen LogP contribution in [0.1, 0.15) is 19.8 Å². The minimum Gasteiger partial charge on any atom is -0.491 e. The van der Waals surface area contributed by atoms with Gasteiger partial charge < -0.3 is 10.1 Å². The van der Waals surface area contributed by atoms with Gasteiger partial charge in [-0.25, -0.2) is 8.78 Å². The molecule has 2 aliphatic rings. The second-order valence-electron chi connectivity index (χ2n) is 6.71. The number of alkyl halides is 1. The van der Waals surface area contributed by atoms with E-state index in [9.17, 15) is 13.6 Å². The molecule has 144 valence electrons. The molecule has 0 bridgehead atoms. The van der Waals surface area contributed by atoms with Crippen molar-refractivity contribution < 1.29 is 18.3 Å². The van der Waals surface area contributed by atoms with Crippen molar-refractivity contribution in [1.29, 1.82) is 0 Å². The number of halogens is 2. The second-order valence-corrected chi connectivity index (χ2v) is 6.71. The number of allylic oxidation sites excluding steroid dienone is 4. The molecule has 2 unspecified atom stereocenters. The van der Waals surface area contributed by atoms with E-state index in [1.807, 2.05) is 0 Å². The Labute approximate surface area is 153 Å². The number of piperidine rings is 1. The first kappa shape index (κ1) is 20.3. The fourth-order valence-corrected chi connectivity index (χ4v) is 3.09. The van der Waals surface area contributed by atoms with E-state index >= 15 is 0 Å². The monoisotopic (exact) mass is 367 g/mol. The lowest BCUT2D eigenvalue weighted by Crippen LogP contribution is -2.42. The normalized spacial score (nSPS) is 25.3. The number of rotatable bonds is 7. The van der Waals surface area contributed by atoms with Gasteiger partial charge in [-0.05, 0) is 44.1 Å². The molecule has 5 nitrogen and oxygen atoms in total. The lowest BCUT2D eigenvalue weighted by molar-refractivity contribution is -0.114. The number of carbonyl (C=O) groups is 1. The summed E-state index contributed by atoms with van der Waals surface area (Å²) >= 11 is 0. The minimum absolute atomic E-state index is 0.177. The van der Waals surface area contributed by atoms with Gasteiger partial charge in [0.15, 0.2) is 17.8 Å². The zero-order valence-corrected chi connectivity index (χ0v) is 15.4. The maximum Gasteiger partial charge on any atom is 0.270 e. The van der Waals surface area contributed by atoms with Crippen molar-refractivity contribution in [3.05, 3.63) is 36.5 Å². The summed E-state index contributed by atoms with van der Waals surface area (Å²) in [5, 5.41) is 2.53. The van der Waals surface area contributed by atoms with E-state index in [1.165, 1.54) is 18.4 Å². The van der Waals surface area contributed by atoms with Crippen molar-refractivity contribution in [2.45, 2.75) is 25.9 Å². The van der Waals surface area contributed by atoms with Crippen LogP contribution in [0.3, 0.4) is 0 Å². The van der Waals surface area contributed by atoms with E-state index in [2.05, 4.69) is 21.8 Å². The maximum atomic E-state index is 14.1. The van der Waals surface area contributed by atoms with E-state index in [0.29, 0.717) is 18.9 Å². The molecule has 7 heteroatoms. The quantitative estimate of drug-likeness (QED) is 0.704. The van der Waals surface area contributed by atoms with Gasteiger partial charge >= 0.3 is 0 Å². The number of hydrogen-bond acceptors (Lipinski definition) is 4. The Hall–Kier alpha value is -2.02. The largest absolute Gasteiger partial charge is 0.491 e. The molecule has 0 aromatic rings. The summed E-state index contributed by atoms with van der Waals surface area (Å²) in [5.74, 6) is -1.18. The van der Waals surface area contributed by atoms with Crippen molar-refractivity contribution in [3.8, 4) is 0 Å². The molecule has 1 heterocycles. The lowest BCUT2D eigenvalue weighted by Gasteiger charge is -2.32. The fourth-order valence-electron chi connectivity index (χ4n) is 3.09. The Kier molecular flexibility index (Phi) is 7.50. The molecule has 1 amide bonds. The number of hydrogen-bond donors (Lipinski definition) is 1. The molecule has 26 heavy (non-hydrogen) atoms. The van der Waals surface area contributed by atoms with Crippen LogP contribution >= 0.6 is 0 Å². The number of aliphatic imine (C=N–C) groups is 1. The van der Waals surface area contributed by atoms with Crippen molar-refractivity contribution in [2.75, 3.05) is 33.3 Å². The lowest BCUT2D eigenvalue weighted by atomic mass is 9.96. The Morgan fingerprint density at radius 2 is 2.19 bits per heavy atom. The van der Waals surface area contributed by atoms with E-state index in [-0.39, 0.29) is 23.5 Å². The van der Waals surface area contributed by atoms with Gasteiger partial charge in [0.1, 0.15) is 5.71 Å². The van der Waals surface area contributed by atoms with Crippen LogP contribution in [0, 0.1) is 11.8 Å². The van der Waals surface area contributed by atoms with Crippen LogP contribution in [0.4, 0.5) is 8.78 Å². The summed E-state index contributed by atoms with van der Waals surface area (Å²) in [6.07, 6.45) is 4.39. The number of nitrogens with zero attached hydrogens (tertiary/aromatic N) is 2. The zero-order chi connectivity index (χ0) is 19.1. The number of amides is 1. The van der Waals surface area contributed by atoms with Crippen molar-refractivity contribution in [3.63, 3.8) is 0 Å². The van der Waals surface area contributed by atoms with Crippen LogP contribution in [-0.2, 0) is 9.53 Å². The molecule has 0 saturated carbocycles. The standard InChI is InChI=1S/C19H27F2N3O2/c1-4-23-19(25)16(22-3)11-24-9-7-14(8-10-24)12-26-18-15(20)6-5-13(2)17(18)21/h4-6,13-14,17H,1,7-12H2,2-3H3,(H,23,25). The van der Waals surface area contributed by atoms with Gasteiger partial charge in [-0.15, -0.1) is 0 Å². The van der Waals surface area contributed by atoms with Gasteiger partial charge in [0.05, 0.1) is 6.61 Å². The summed E-state index contributed by atoms with van der Waals surface area (Å²) in [7, 11) is 1.59. The first-order chi connectivity index (χ1) is 12.5. The molecule has 0 spiro atoms. The maximum absolute atomic E-state index is 14.1. The average molecular weight is 367 g/mol. The van der Waals surface area contributed by atoms with Gasteiger partial charge in [0, 0.05) is 19.5 Å². The van der Waals surface area contributed by atoms with Gasteiger partial charge in [0.25, 0.3) is 5.91 Å². The highest BCUT2D eigenvalue weighted by molar-refractivity contribution is 6.39. The average Bonchev–Trinajstić information content (AvgIpc) is 2.64. The first-order valence-corrected chi connectivity index (χ1v) is 8.90. The fraction of sp³-hybridized carbons (Fsp3) is 0.579. The topological polar surface area (TPSA) is 53.9 Å². The molecule has 1 saturated heterocycles. The molecule has 2 rings (SSSR count). The van der Waals surface area contributed by atoms with E-state index in [1.54, 1.807) is 14.0 Å². The number of nitrogens with one attached hydrogen (secondary N) is 1. The van der Waals surface area contributed by atoms with Crippen molar-refractivity contribution >= 4 is 11.6 Å². The smallest absolute Gasteiger partial charge is 0.270 e. The molecule has 2 atom stereocenters. The Morgan fingerprint density at radius 1 is 1.50 bits per heavy atom. The van der Waals surface area contributed by atoms with Crippen molar-refractivity contribution in [2.24, 2.45) is 16.8 Å². The third kappa shape index (κ3) is 5.24. The van der Waals surface area contributed by atoms with E-state index in [4.69, 9.17) is 4.74 Å². The van der Waals surface area contributed by atoms with Gasteiger partial charge in [0.2, 0.25) is 0 Å². The third-order valence-electron chi connectivity index (χ3n) is 4.81. The summed E-state index contributed by atoms with van der Waals surface area (Å²) in [4.78, 5) is 18.0. The highest BCUT2D eigenvalue weighted by atomic mass is 19.1. The highest BCUT2D eigenvalue weighted by Crippen LogP contribution is 2.29. The molecule has 1 fully saturated rings. The van der Waals surface area contributed by atoms with Crippen LogP contribution < -0.4 is 5.32 Å². The molecule has 1 aliphatic heterocycles. The Morgan fingerprint density at radius 3 is 2.81 bits per heavy atom. The van der Waals surface area contributed by atoms with Gasteiger partial charge in [-0.1, -0.05) is 19.6 Å². The Balaban J connectivity index is 1.79. The predicted molar refractivity (Wildman–Crippen MR) is 98.1 cm³/mol. The number of likely N-dealkylation sites (tertiary alicyclic amines) is 1. The van der Waals surface area contributed by atoms with Crippen LogP contribution in [0.25, 0.3) is 0 Å². The van der Waals surface area contributed by atoms with Crippen LogP contribution in [0.2, 0.25) is 0 Å². The second kappa shape index (κ2) is 9.62. The third-order valence-corrected chi connectivity index (χ3v) is 4.81. The molecule has 0 radical (unpaired) electrons. The van der Waals surface area contributed by atoms with Crippen LogP contribution in [0.15, 0.2) is 41.5 Å². The summed E-state index contributed by atoms with van der Waals surface area (Å²) in [6, 6.07) is 0.